The summed E-state index contributed by atoms with van der Waals surface area (Å²) in [5, 5.41) is 0. The largest absolute Gasteiger partial charge is 0.252 e. The number of nitrogens with zero attached hydrogens (tertiary/aromatic N) is 2. The zero-order valence-corrected chi connectivity index (χ0v) is 11.3. The highest BCUT2D eigenvalue weighted by atomic mass is 19.1. The van der Waals surface area contributed by atoms with E-state index < -0.39 is 0 Å². The topological polar surface area (TPSA) is 24.7 Å². The van der Waals surface area contributed by atoms with Crippen molar-refractivity contribution in [3.8, 4) is 0 Å². The Kier molecular flexibility index (Phi) is 4.35. The van der Waals surface area contributed by atoms with Crippen molar-refractivity contribution in [2.24, 2.45) is 9.98 Å². The van der Waals surface area contributed by atoms with Gasteiger partial charge in [0.1, 0.15) is 11.6 Å². The molecule has 2 aromatic carbocycles. The molecular formula is C16H14F2N2. The van der Waals surface area contributed by atoms with E-state index in [-0.39, 0.29) is 11.6 Å². The van der Waals surface area contributed by atoms with Crippen LogP contribution >= 0.6 is 0 Å². The van der Waals surface area contributed by atoms with Crippen LogP contribution in [0.3, 0.4) is 0 Å². The summed E-state index contributed by atoms with van der Waals surface area (Å²) in [4.78, 5) is 8.72. The first-order valence-electron chi connectivity index (χ1n) is 6.17. The number of benzene rings is 2. The van der Waals surface area contributed by atoms with Crippen LogP contribution in [-0.4, -0.2) is 11.4 Å². The summed E-state index contributed by atoms with van der Waals surface area (Å²) in [6, 6.07) is 11.8. The molecule has 2 aromatic rings. The highest BCUT2D eigenvalue weighted by molar-refractivity contribution is 6.41. The van der Waals surface area contributed by atoms with Gasteiger partial charge in [0, 0.05) is 0 Å². The van der Waals surface area contributed by atoms with Crippen LogP contribution in [-0.2, 0) is 0 Å². The molecule has 0 atom stereocenters. The predicted octanol–water partition coefficient (Wildman–Crippen LogP) is 4.85. The lowest BCUT2D eigenvalue weighted by Crippen LogP contribution is -2.04. The predicted molar refractivity (Wildman–Crippen MR) is 78.3 cm³/mol. The van der Waals surface area contributed by atoms with Crippen LogP contribution in [0, 0.1) is 11.6 Å². The van der Waals surface area contributed by atoms with E-state index in [1.807, 2.05) is 13.8 Å². The fourth-order valence-corrected chi connectivity index (χ4v) is 1.58. The van der Waals surface area contributed by atoms with Crippen LogP contribution in [0.2, 0.25) is 0 Å². The van der Waals surface area contributed by atoms with E-state index in [1.54, 1.807) is 24.3 Å². The molecule has 102 valence electrons. The molecule has 0 spiro atoms. The van der Waals surface area contributed by atoms with Gasteiger partial charge in [0.05, 0.1) is 22.8 Å². The Hall–Kier alpha value is -2.36. The fourth-order valence-electron chi connectivity index (χ4n) is 1.58. The van der Waals surface area contributed by atoms with E-state index in [2.05, 4.69) is 9.98 Å². The second-order valence-corrected chi connectivity index (χ2v) is 4.35. The van der Waals surface area contributed by atoms with Crippen LogP contribution in [0.25, 0.3) is 0 Å². The van der Waals surface area contributed by atoms with Gasteiger partial charge in [-0.1, -0.05) is 0 Å². The molecule has 0 aliphatic carbocycles. The average molecular weight is 272 g/mol. The van der Waals surface area contributed by atoms with Crippen molar-refractivity contribution in [2.45, 2.75) is 13.8 Å². The lowest BCUT2D eigenvalue weighted by atomic mass is 10.2. The molecule has 0 aliphatic rings. The van der Waals surface area contributed by atoms with Crippen molar-refractivity contribution >= 4 is 22.8 Å². The molecule has 0 unspecified atom stereocenters. The maximum absolute atomic E-state index is 12.8. The second kappa shape index (κ2) is 6.19. The summed E-state index contributed by atoms with van der Waals surface area (Å²) in [6.45, 7) is 3.65. The molecule has 0 N–H and O–H groups in total. The van der Waals surface area contributed by atoms with Crippen LogP contribution in [0.15, 0.2) is 58.5 Å². The molecule has 20 heavy (non-hydrogen) atoms. The molecule has 4 heteroatoms. The summed E-state index contributed by atoms with van der Waals surface area (Å²) in [5.74, 6) is -0.586. The van der Waals surface area contributed by atoms with Gasteiger partial charge in [0.15, 0.2) is 0 Å². The number of hydrogen-bond acceptors (Lipinski definition) is 2. The second-order valence-electron chi connectivity index (χ2n) is 4.35. The Labute approximate surface area is 116 Å². The van der Waals surface area contributed by atoms with E-state index >= 15 is 0 Å². The smallest absolute Gasteiger partial charge is 0.123 e. The van der Waals surface area contributed by atoms with E-state index in [1.165, 1.54) is 24.3 Å². The molecule has 0 bridgehead atoms. The van der Waals surface area contributed by atoms with Crippen molar-refractivity contribution in [1.82, 2.24) is 0 Å². The van der Waals surface area contributed by atoms with Crippen molar-refractivity contribution in [1.29, 1.82) is 0 Å². The molecule has 0 amide bonds. The van der Waals surface area contributed by atoms with Gasteiger partial charge in [-0.3, -0.25) is 9.98 Å². The summed E-state index contributed by atoms with van der Waals surface area (Å²) < 4.78 is 25.6. The van der Waals surface area contributed by atoms with E-state index in [0.29, 0.717) is 11.4 Å². The highest BCUT2D eigenvalue weighted by Crippen LogP contribution is 2.15. The van der Waals surface area contributed by atoms with Gasteiger partial charge in [-0.05, 0) is 62.4 Å². The molecule has 0 saturated carbocycles. The number of halogens is 2. The van der Waals surface area contributed by atoms with E-state index in [9.17, 15) is 8.78 Å². The third-order valence-electron chi connectivity index (χ3n) is 2.77. The molecule has 0 fully saturated rings. The quantitative estimate of drug-likeness (QED) is 0.713. The Bertz CT molecular complexity index is 582. The Morgan fingerprint density at radius 3 is 1.25 bits per heavy atom. The first kappa shape index (κ1) is 14.1. The standard InChI is InChI=1S/C16H14F2N2/c1-11(19-15-7-3-13(17)4-8-15)12(2)20-16-9-5-14(18)6-10-16/h3-10H,1-2H3. The number of hydrogen-bond donors (Lipinski definition) is 0. The van der Waals surface area contributed by atoms with Crippen molar-refractivity contribution in [2.75, 3.05) is 0 Å². The third-order valence-corrected chi connectivity index (χ3v) is 2.77. The molecule has 2 rings (SSSR count). The maximum atomic E-state index is 12.8. The fraction of sp³-hybridized carbons (Fsp3) is 0.125. The highest BCUT2D eigenvalue weighted by Gasteiger charge is 1.99. The van der Waals surface area contributed by atoms with Gasteiger partial charge in [-0.2, -0.15) is 0 Å². The van der Waals surface area contributed by atoms with Crippen LogP contribution < -0.4 is 0 Å². The molecule has 0 saturated heterocycles. The molecule has 0 aromatic heterocycles. The summed E-state index contributed by atoms with van der Waals surface area (Å²) in [7, 11) is 0. The van der Waals surface area contributed by atoms with Gasteiger partial charge in [0.2, 0.25) is 0 Å². The van der Waals surface area contributed by atoms with Crippen LogP contribution in [0.5, 0.6) is 0 Å². The zero-order valence-electron chi connectivity index (χ0n) is 11.3. The van der Waals surface area contributed by atoms with E-state index in [4.69, 9.17) is 0 Å². The van der Waals surface area contributed by atoms with Gasteiger partial charge in [-0.25, -0.2) is 8.78 Å². The SMILES string of the molecule is CC(=Nc1ccc(F)cc1)C(C)=Nc1ccc(F)cc1. The van der Waals surface area contributed by atoms with Crippen molar-refractivity contribution in [3.05, 3.63) is 60.2 Å². The number of aliphatic imine (C=N–C) groups is 2. The zero-order chi connectivity index (χ0) is 14.5. The van der Waals surface area contributed by atoms with Crippen molar-refractivity contribution < 1.29 is 8.78 Å². The minimum Gasteiger partial charge on any atom is -0.252 e. The summed E-state index contributed by atoms with van der Waals surface area (Å²) in [5.41, 5.74) is 2.77. The maximum Gasteiger partial charge on any atom is 0.123 e. The number of rotatable bonds is 3. The summed E-state index contributed by atoms with van der Waals surface area (Å²) in [6.07, 6.45) is 0. The van der Waals surface area contributed by atoms with Gasteiger partial charge in [0.25, 0.3) is 0 Å². The summed E-state index contributed by atoms with van der Waals surface area (Å²) >= 11 is 0. The lowest BCUT2D eigenvalue weighted by molar-refractivity contribution is 0.627. The molecular weight excluding hydrogens is 258 g/mol. The molecule has 0 radical (unpaired) electrons. The monoisotopic (exact) mass is 272 g/mol. The van der Waals surface area contributed by atoms with E-state index in [0.717, 1.165) is 11.4 Å². The Morgan fingerprint density at radius 2 is 0.950 bits per heavy atom. The molecule has 0 heterocycles. The van der Waals surface area contributed by atoms with Crippen molar-refractivity contribution in [3.63, 3.8) is 0 Å². The van der Waals surface area contributed by atoms with Gasteiger partial charge in [-0.15, -0.1) is 0 Å². The van der Waals surface area contributed by atoms with Crippen LogP contribution in [0.1, 0.15) is 13.8 Å². The molecule has 0 aliphatic heterocycles. The molecule has 2 nitrogen and oxygen atoms in total. The minimum absolute atomic E-state index is 0.293. The Balaban J connectivity index is 2.21. The third kappa shape index (κ3) is 3.82. The van der Waals surface area contributed by atoms with Gasteiger partial charge < -0.3 is 0 Å². The van der Waals surface area contributed by atoms with Gasteiger partial charge >= 0.3 is 0 Å². The Morgan fingerprint density at radius 1 is 0.650 bits per heavy atom. The first-order valence-corrected chi connectivity index (χ1v) is 6.17. The first-order chi connectivity index (χ1) is 9.54. The lowest BCUT2D eigenvalue weighted by Gasteiger charge is -2.01. The minimum atomic E-state index is -0.293. The average Bonchev–Trinajstić information content (AvgIpc) is 2.44. The normalized spacial score (nSPS) is 12.6. The van der Waals surface area contributed by atoms with Crippen LogP contribution in [0.4, 0.5) is 20.2 Å².